The molecule has 1 aromatic rings. The highest BCUT2D eigenvalue weighted by molar-refractivity contribution is 5.17. The van der Waals surface area contributed by atoms with Crippen molar-refractivity contribution < 1.29 is 0 Å². The quantitative estimate of drug-likeness (QED) is 0.889. The van der Waals surface area contributed by atoms with E-state index < -0.39 is 0 Å². The molecule has 100 valence electrons. The second-order valence-electron chi connectivity index (χ2n) is 5.53. The third-order valence-corrected chi connectivity index (χ3v) is 4.16. The lowest BCUT2D eigenvalue weighted by Crippen LogP contribution is -2.45. The van der Waals surface area contributed by atoms with Gasteiger partial charge >= 0.3 is 0 Å². The van der Waals surface area contributed by atoms with Gasteiger partial charge in [0.15, 0.2) is 0 Å². The van der Waals surface area contributed by atoms with Gasteiger partial charge in [0.05, 0.1) is 6.04 Å². The summed E-state index contributed by atoms with van der Waals surface area (Å²) in [4.78, 5) is 6.87. The van der Waals surface area contributed by atoms with Crippen LogP contribution in [0.5, 0.6) is 0 Å². The summed E-state index contributed by atoms with van der Waals surface area (Å²) in [5.74, 6) is 0. The second-order valence-corrected chi connectivity index (χ2v) is 5.53. The SMILES string of the molecule is CCC1CCC(C)N1C(c1cccnc1)C(C)N. The van der Waals surface area contributed by atoms with Gasteiger partial charge < -0.3 is 5.73 Å². The topological polar surface area (TPSA) is 42.2 Å². The van der Waals surface area contributed by atoms with E-state index in [0.717, 1.165) is 0 Å². The molecule has 2 rings (SSSR count). The zero-order valence-electron chi connectivity index (χ0n) is 11.7. The fourth-order valence-electron chi connectivity index (χ4n) is 3.31. The van der Waals surface area contributed by atoms with Gasteiger partial charge in [-0.2, -0.15) is 0 Å². The zero-order chi connectivity index (χ0) is 13.1. The maximum Gasteiger partial charge on any atom is 0.0517 e. The van der Waals surface area contributed by atoms with Crippen LogP contribution < -0.4 is 5.73 Å². The van der Waals surface area contributed by atoms with Gasteiger partial charge in [0.1, 0.15) is 0 Å². The number of hydrogen-bond acceptors (Lipinski definition) is 3. The summed E-state index contributed by atoms with van der Waals surface area (Å²) >= 11 is 0. The second kappa shape index (κ2) is 5.81. The summed E-state index contributed by atoms with van der Waals surface area (Å²) < 4.78 is 0. The highest BCUT2D eigenvalue weighted by Gasteiger charge is 2.37. The summed E-state index contributed by atoms with van der Waals surface area (Å²) in [7, 11) is 0. The van der Waals surface area contributed by atoms with Gasteiger partial charge in [0, 0.05) is 30.5 Å². The lowest BCUT2D eigenvalue weighted by Gasteiger charge is -2.38. The summed E-state index contributed by atoms with van der Waals surface area (Å²) in [6, 6.07) is 5.86. The molecule has 1 aromatic heterocycles. The fraction of sp³-hybridized carbons (Fsp3) is 0.667. The van der Waals surface area contributed by atoms with E-state index in [1.807, 2.05) is 18.5 Å². The molecule has 1 fully saturated rings. The van der Waals surface area contributed by atoms with Crippen molar-refractivity contribution in [2.45, 2.75) is 64.2 Å². The van der Waals surface area contributed by atoms with Gasteiger partial charge in [-0.1, -0.05) is 13.0 Å². The Morgan fingerprint density at radius 2 is 2.28 bits per heavy atom. The lowest BCUT2D eigenvalue weighted by molar-refractivity contribution is 0.117. The Hall–Kier alpha value is -0.930. The highest BCUT2D eigenvalue weighted by Crippen LogP contribution is 2.36. The van der Waals surface area contributed by atoms with Crippen LogP contribution >= 0.6 is 0 Å². The third kappa shape index (κ3) is 2.57. The van der Waals surface area contributed by atoms with E-state index in [2.05, 4.69) is 36.7 Å². The van der Waals surface area contributed by atoms with Crippen molar-refractivity contribution in [3.05, 3.63) is 30.1 Å². The minimum atomic E-state index is 0.129. The van der Waals surface area contributed by atoms with Gasteiger partial charge in [-0.05, 0) is 44.7 Å². The van der Waals surface area contributed by atoms with E-state index in [9.17, 15) is 0 Å². The van der Waals surface area contributed by atoms with Crippen LogP contribution in [0.2, 0.25) is 0 Å². The summed E-state index contributed by atoms with van der Waals surface area (Å²) in [5.41, 5.74) is 7.51. The molecule has 2 heterocycles. The van der Waals surface area contributed by atoms with Crippen LogP contribution in [0.3, 0.4) is 0 Å². The van der Waals surface area contributed by atoms with Crippen LogP contribution in [0.25, 0.3) is 0 Å². The molecule has 2 N–H and O–H groups in total. The molecule has 0 amide bonds. The van der Waals surface area contributed by atoms with Crippen molar-refractivity contribution in [2.75, 3.05) is 0 Å². The van der Waals surface area contributed by atoms with E-state index in [1.54, 1.807) is 0 Å². The van der Waals surface area contributed by atoms with Crippen LogP contribution in [0, 0.1) is 0 Å². The monoisotopic (exact) mass is 247 g/mol. The van der Waals surface area contributed by atoms with Crippen molar-refractivity contribution in [1.29, 1.82) is 0 Å². The highest BCUT2D eigenvalue weighted by atomic mass is 15.2. The fourth-order valence-corrected chi connectivity index (χ4v) is 3.31. The first kappa shape index (κ1) is 13.5. The van der Waals surface area contributed by atoms with E-state index in [0.29, 0.717) is 18.1 Å². The van der Waals surface area contributed by atoms with Gasteiger partial charge in [0.25, 0.3) is 0 Å². The first-order valence-corrected chi connectivity index (χ1v) is 7.08. The molecular formula is C15H25N3. The minimum absolute atomic E-state index is 0.129. The van der Waals surface area contributed by atoms with Crippen LogP contribution in [0.4, 0.5) is 0 Å². The Morgan fingerprint density at radius 3 is 2.83 bits per heavy atom. The first-order valence-electron chi connectivity index (χ1n) is 7.08. The number of pyridine rings is 1. The number of aromatic nitrogens is 1. The van der Waals surface area contributed by atoms with Crippen molar-refractivity contribution in [3.63, 3.8) is 0 Å². The van der Waals surface area contributed by atoms with Crippen LogP contribution in [0.1, 0.15) is 51.6 Å². The number of nitrogens with zero attached hydrogens (tertiary/aromatic N) is 2. The maximum atomic E-state index is 6.26. The largest absolute Gasteiger partial charge is 0.326 e. The molecule has 4 unspecified atom stereocenters. The van der Waals surface area contributed by atoms with Gasteiger partial charge in [0.2, 0.25) is 0 Å². The van der Waals surface area contributed by atoms with Crippen molar-refractivity contribution in [1.82, 2.24) is 9.88 Å². The molecule has 1 aliphatic heterocycles. The molecule has 0 radical (unpaired) electrons. The van der Waals surface area contributed by atoms with E-state index in [-0.39, 0.29) is 6.04 Å². The standard InChI is InChI=1S/C15H25N3/c1-4-14-8-7-11(2)18(14)15(12(3)16)13-6-5-9-17-10-13/h5-6,9-12,14-15H,4,7-8,16H2,1-3H3. The molecule has 1 aliphatic rings. The molecule has 0 saturated carbocycles. The number of nitrogens with two attached hydrogens (primary N) is 1. The molecule has 18 heavy (non-hydrogen) atoms. The van der Waals surface area contributed by atoms with Gasteiger partial charge in [-0.15, -0.1) is 0 Å². The molecule has 0 spiro atoms. The van der Waals surface area contributed by atoms with E-state index >= 15 is 0 Å². The van der Waals surface area contributed by atoms with Gasteiger partial charge in [-0.3, -0.25) is 9.88 Å². The molecule has 3 nitrogen and oxygen atoms in total. The summed E-state index contributed by atoms with van der Waals surface area (Å²) in [6.07, 6.45) is 7.56. The van der Waals surface area contributed by atoms with Crippen LogP contribution in [-0.4, -0.2) is 28.0 Å². The minimum Gasteiger partial charge on any atom is -0.326 e. The van der Waals surface area contributed by atoms with Crippen molar-refractivity contribution in [3.8, 4) is 0 Å². The summed E-state index contributed by atoms with van der Waals surface area (Å²) in [5, 5.41) is 0. The number of hydrogen-bond donors (Lipinski definition) is 1. The van der Waals surface area contributed by atoms with Crippen molar-refractivity contribution >= 4 is 0 Å². The lowest BCUT2D eigenvalue weighted by atomic mass is 9.98. The Kier molecular flexibility index (Phi) is 4.36. The average molecular weight is 247 g/mol. The van der Waals surface area contributed by atoms with Crippen molar-refractivity contribution in [2.24, 2.45) is 5.73 Å². The molecule has 0 aromatic carbocycles. The molecule has 4 atom stereocenters. The maximum absolute atomic E-state index is 6.26. The first-order chi connectivity index (χ1) is 8.65. The number of likely N-dealkylation sites (tertiary alicyclic amines) is 1. The molecule has 0 bridgehead atoms. The Bertz CT molecular complexity index is 363. The predicted octanol–water partition coefficient (Wildman–Crippen LogP) is 2.73. The molecule has 1 saturated heterocycles. The summed E-state index contributed by atoms with van der Waals surface area (Å²) in [6.45, 7) is 6.70. The van der Waals surface area contributed by atoms with Gasteiger partial charge in [-0.25, -0.2) is 0 Å². The Labute approximate surface area is 110 Å². The Balaban J connectivity index is 2.30. The van der Waals surface area contributed by atoms with E-state index in [1.165, 1.54) is 24.8 Å². The van der Waals surface area contributed by atoms with Crippen LogP contribution in [0.15, 0.2) is 24.5 Å². The van der Waals surface area contributed by atoms with E-state index in [4.69, 9.17) is 5.73 Å². The number of rotatable bonds is 4. The third-order valence-electron chi connectivity index (χ3n) is 4.16. The smallest absolute Gasteiger partial charge is 0.0517 e. The predicted molar refractivity (Wildman–Crippen MR) is 75.2 cm³/mol. The average Bonchev–Trinajstić information content (AvgIpc) is 2.72. The zero-order valence-corrected chi connectivity index (χ0v) is 11.7. The van der Waals surface area contributed by atoms with Crippen LogP contribution in [-0.2, 0) is 0 Å². The molecular weight excluding hydrogens is 222 g/mol. The normalized spacial score (nSPS) is 28.2. The molecule has 0 aliphatic carbocycles. The molecule has 3 heteroatoms. The Morgan fingerprint density at radius 1 is 1.50 bits per heavy atom.